The van der Waals surface area contributed by atoms with Crippen LogP contribution in [0.15, 0.2) is 0 Å². The second-order valence-electron chi connectivity index (χ2n) is 3.34. The van der Waals surface area contributed by atoms with Crippen LogP contribution in [0.5, 0.6) is 0 Å². The van der Waals surface area contributed by atoms with Crippen molar-refractivity contribution in [3.05, 3.63) is 13.8 Å². The molecule has 0 heterocycles. The van der Waals surface area contributed by atoms with Gasteiger partial charge in [0.25, 0.3) is 0 Å². The Morgan fingerprint density at radius 3 is 1.00 bits per heavy atom. The van der Waals surface area contributed by atoms with Gasteiger partial charge in [-0.3, -0.25) is 0 Å². The molecule has 0 unspecified atom stereocenters. The minimum absolute atomic E-state index is 0. The number of hydrogen-bond acceptors (Lipinski definition) is 0. The van der Waals surface area contributed by atoms with E-state index in [-0.39, 0.29) is 86.7 Å². The van der Waals surface area contributed by atoms with E-state index in [0.29, 0.717) is 0 Å². The summed E-state index contributed by atoms with van der Waals surface area (Å²) in [7, 11) is 0. The zero-order valence-corrected chi connectivity index (χ0v) is 18.7. The van der Waals surface area contributed by atoms with Gasteiger partial charge in [-0.25, -0.2) is 0 Å². The van der Waals surface area contributed by atoms with Crippen LogP contribution in [0.1, 0.15) is 57.8 Å². The molecular formula is C11H22FeU2-2. The minimum Gasteiger partial charge on any atom is -0.358 e. The summed E-state index contributed by atoms with van der Waals surface area (Å²) >= 11 is 0. The van der Waals surface area contributed by atoms with Crippen LogP contribution in [0, 0.1) is 76.1 Å². The van der Waals surface area contributed by atoms with Gasteiger partial charge < -0.3 is 13.8 Å². The SMILES string of the molecule is C1CCCC1.[CH-]1CCCC1.[CH3-].[Fe].[U].[U]. The predicted octanol–water partition coefficient (Wildman–Crippen LogP) is 4.16. The molecule has 0 atom stereocenters. The maximum atomic E-state index is 2.36. The molecule has 84 valence electrons. The van der Waals surface area contributed by atoms with Crippen molar-refractivity contribution in [2.45, 2.75) is 57.8 Å². The average molecular weight is 686 g/mol. The van der Waals surface area contributed by atoms with E-state index in [4.69, 9.17) is 0 Å². The Balaban J connectivity index is -0.0000000556. The summed E-state index contributed by atoms with van der Waals surface area (Å²) < 4.78 is 0. The third kappa shape index (κ3) is 17.0. The van der Waals surface area contributed by atoms with Crippen LogP contribution in [-0.4, -0.2) is 0 Å². The first-order valence-electron chi connectivity index (χ1n) is 4.82. The fraction of sp³-hybridized carbons (Fsp3) is 0.818. The summed E-state index contributed by atoms with van der Waals surface area (Å²) in [5.74, 6) is 0. The number of hydrogen-bond donors (Lipinski definition) is 0. The first kappa shape index (κ1) is 25.5. The molecule has 2 aliphatic rings. The molecule has 0 aliphatic heterocycles. The molecule has 0 nitrogen and oxygen atoms in total. The van der Waals surface area contributed by atoms with E-state index in [9.17, 15) is 0 Å². The van der Waals surface area contributed by atoms with Gasteiger partial charge in [-0.15, -0.1) is 0 Å². The summed E-state index contributed by atoms with van der Waals surface area (Å²) in [5.41, 5.74) is 0. The van der Waals surface area contributed by atoms with Crippen LogP contribution >= 0.6 is 0 Å². The second-order valence-corrected chi connectivity index (χ2v) is 3.34. The van der Waals surface area contributed by atoms with Gasteiger partial charge in [0.05, 0.1) is 0 Å². The fourth-order valence-corrected chi connectivity index (χ4v) is 1.61. The molecular weight excluding hydrogens is 664 g/mol. The molecule has 0 N–H and O–H groups in total. The van der Waals surface area contributed by atoms with Crippen molar-refractivity contribution >= 4 is 0 Å². The van der Waals surface area contributed by atoms with Crippen molar-refractivity contribution in [2.75, 3.05) is 0 Å². The molecule has 0 aromatic rings. The van der Waals surface area contributed by atoms with E-state index in [0.717, 1.165) is 0 Å². The molecule has 0 bridgehead atoms. The quantitative estimate of drug-likeness (QED) is 0.266. The van der Waals surface area contributed by atoms with Crippen LogP contribution in [0.25, 0.3) is 0 Å². The Hall–Kier alpha value is 2.62. The third-order valence-corrected chi connectivity index (χ3v) is 2.32. The summed E-state index contributed by atoms with van der Waals surface area (Å²) in [6, 6.07) is 0. The summed E-state index contributed by atoms with van der Waals surface area (Å²) in [6.07, 6.45) is 15.5. The normalized spacial score (nSPS) is 17.1. The van der Waals surface area contributed by atoms with Gasteiger partial charge >= 0.3 is 0 Å². The second kappa shape index (κ2) is 21.0. The zero-order valence-electron chi connectivity index (χ0n) is 9.29. The Morgan fingerprint density at radius 1 is 0.571 bits per heavy atom. The fourth-order valence-electron chi connectivity index (χ4n) is 1.61. The van der Waals surface area contributed by atoms with Crippen molar-refractivity contribution in [1.82, 2.24) is 0 Å². The van der Waals surface area contributed by atoms with Crippen molar-refractivity contribution in [2.24, 2.45) is 0 Å². The molecule has 14 heavy (non-hydrogen) atoms. The minimum atomic E-state index is 0. The van der Waals surface area contributed by atoms with E-state index in [2.05, 4.69) is 6.42 Å². The van der Waals surface area contributed by atoms with Gasteiger partial charge in [0, 0.05) is 79.3 Å². The van der Waals surface area contributed by atoms with Gasteiger partial charge in [-0.1, -0.05) is 44.9 Å². The van der Waals surface area contributed by atoms with Gasteiger partial charge in [0.15, 0.2) is 0 Å². The standard InChI is InChI=1S/C5H10.C5H9.CH3.Fe.2U/c2*1-2-4-5-3-1;;;;/h1-5H2;1H,2-5H2;1H3;;;/q;2*-1;;;. The summed E-state index contributed by atoms with van der Waals surface area (Å²) in [4.78, 5) is 0. The molecule has 3 heteroatoms. The maximum absolute atomic E-state index is 2.36. The summed E-state index contributed by atoms with van der Waals surface area (Å²) in [6.45, 7) is 0. The molecule has 0 radical (unpaired) electrons. The zero-order chi connectivity index (χ0) is 7.07. The molecule has 2 saturated carbocycles. The molecule has 2 fully saturated rings. The smallest absolute Gasteiger partial charge is 0 e. The molecule has 0 saturated heterocycles. The first-order chi connectivity index (χ1) is 5.00. The van der Waals surface area contributed by atoms with Crippen LogP contribution in [0.3, 0.4) is 0 Å². The van der Waals surface area contributed by atoms with E-state index >= 15 is 0 Å². The van der Waals surface area contributed by atoms with Crippen molar-refractivity contribution in [1.29, 1.82) is 0 Å². The Labute approximate surface area is 149 Å². The van der Waals surface area contributed by atoms with Crippen LogP contribution in [0.2, 0.25) is 0 Å². The van der Waals surface area contributed by atoms with E-state index in [1.807, 2.05) is 0 Å². The molecule has 2 rings (SSSR count). The van der Waals surface area contributed by atoms with Crippen molar-refractivity contribution < 1.29 is 79.3 Å². The van der Waals surface area contributed by atoms with Crippen molar-refractivity contribution in [3.63, 3.8) is 0 Å². The van der Waals surface area contributed by atoms with Crippen LogP contribution in [0.4, 0.5) is 0 Å². The van der Waals surface area contributed by atoms with Gasteiger partial charge in [-0.2, -0.15) is 12.8 Å². The molecule has 0 spiro atoms. The summed E-state index contributed by atoms with van der Waals surface area (Å²) in [5, 5.41) is 0. The van der Waals surface area contributed by atoms with Crippen LogP contribution in [-0.2, 0) is 17.1 Å². The topological polar surface area (TPSA) is 0 Å². The van der Waals surface area contributed by atoms with E-state index in [1.165, 1.54) is 57.8 Å². The molecule has 0 amide bonds. The van der Waals surface area contributed by atoms with E-state index < -0.39 is 0 Å². The molecule has 2 aliphatic carbocycles. The van der Waals surface area contributed by atoms with Crippen molar-refractivity contribution in [3.8, 4) is 0 Å². The average Bonchev–Trinajstić information content (AvgIpc) is 2.67. The van der Waals surface area contributed by atoms with Crippen LogP contribution < -0.4 is 0 Å². The van der Waals surface area contributed by atoms with Gasteiger partial charge in [0.1, 0.15) is 0 Å². The van der Waals surface area contributed by atoms with E-state index in [1.54, 1.807) is 0 Å². The van der Waals surface area contributed by atoms with Gasteiger partial charge in [-0.05, 0) is 0 Å². The Morgan fingerprint density at radius 2 is 0.857 bits per heavy atom. The Kier molecular flexibility index (Phi) is 38.1. The predicted molar refractivity (Wildman–Crippen MR) is 52.3 cm³/mol. The largest absolute Gasteiger partial charge is 0.358 e. The molecule has 0 aromatic carbocycles. The Bertz CT molecular complexity index is 46.5. The first-order valence-corrected chi connectivity index (χ1v) is 4.82. The monoisotopic (exact) mass is 686 g/mol. The van der Waals surface area contributed by atoms with Gasteiger partial charge in [0.2, 0.25) is 0 Å². The number of rotatable bonds is 0. The third-order valence-electron chi connectivity index (χ3n) is 2.32. The molecule has 0 aromatic heterocycles. The maximum Gasteiger partial charge on any atom is 0 e.